The second-order valence-electron chi connectivity index (χ2n) is 19.6. The number of nitrogens with zero attached hydrogens (tertiary/aromatic N) is 1. The van der Waals surface area contributed by atoms with Crippen LogP contribution in [0.15, 0.2) is 224 Å². The van der Waals surface area contributed by atoms with Crippen LogP contribution in [0, 0.1) is 11.7 Å². The highest BCUT2D eigenvalue weighted by atomic mass is 19.1. The van der Waals surface area contributed by atoms with Crippen LogP contribution in [0.4, 0.5) is 10.1 Å². The summed E-state index contributed by atoms with van der Waals surface area (Å²) in [7, 11) is 0. The molecule has 0 saturated carbocycles. The van der Waals surface area contributed by atoms with Crippen molar-refractivity contribution < 1.29 is 42.7 Å². The van der Waals surface area contributed by atoms with Gasteiger partial charge in [-0.2, -0.15) is 0 Å². The smallest absolute Gasteiger partial charge is 0.233 e. The van der Waals surface area contributed by atoms with Crippen LogP contribution in [-0.2, 0) is 67.9 Å². The average molecular weight is 1020 g/mol. The molecule has 0 spiro atoms. The number of β-lactam (4-membered cyclic amide) rings is 1. The maximum Gasteiger partial charge on any atom is 0.233 e. The van der Waals surface area contributed by atoms with Crippen LogP contribution in [0.25, 0.3) is 0 Å². The molecule has 2 aliphatic rings. The van der Waals surface area contributed by atoms with E-state index >= 15 is 0 Å². The summed E-state index contributed by atoms with van der Waals surface area (Å²) in [6, 6.07) is 71.9. The number of hydrogen-bond donors (Lipinski definition) is 1. The van der Waals surface area contributed by atoms with Crippen LogP contribution in [-0.4, -0.2) is 48.1 Å². The Morgan fingerprint density at radius 2 is 0.987 bits per heavy atom. The Morgan fingerprint density at radius 3 is 1.53 bits per heavy atom. The Hall–Kier alpha value is -7.28. The van der Waals surface area contributed by atoms with E-state index in [9.17, 15) is 14.3 Å². The molecule has 0 bridgehead atoms. The van der Waals surface area contributed by atoms with Crippen molar-refractivity contribution in [3.05, 3.63) is 275 Å². The van der Waals surface area contributed by atoms with Crippen LogP contribution in [0.5, 0.6) is 5.75 Å². The van der Waals surface area contributed by atoms with E-state index in [1.807, 2.05) is 150 Å². The molecule has 8 aromatic rings. The van der Waals surface area contributed by atoms with E-state index < -0.39 is 48.6 Å². The molecule has 8 atom stereocenters. The quantitative estimate of drug-likeness (QED) is 0.0598. The lowest BCUT2D eigenvalue weighted by molar-refractivity contribution is -0.272. The highest BCUT2D eigenvalue weighted by molar-refractivity contribution is 6.03. The van der Waals surface area contributed by atoms with Gasteiger partial charge in [-0.25, -0.2) is 4.39 Å². The van der Waals surface area contributed by atoms with Gasteiger partial charge in [0.2, 0.25) is 5.91 Å². The van der Waals surface area contributed by atoms with Gasteiger partial charge in [0.05, 0.1) is 57.2 Å². The summed E-state index contributed by atoms with van der Waals surface area (Å²) >= 11 is 0. The second-order valence-corrected chi connectivity index (χ2v) is 19.6. The number of benzene rings is 8. The molecule has 2 saturated heterocycles. The fraction of sp³-hybridized carbons (Fsp3) is 0.258. The molecule has 1 N–H and O–H groups in total. The van der Waals surface area contributed by atoms with Gasteiger partial charge in [-0.15, -0.1) is 0 Å². The van der Waals surface area contributed by atoms with E-state index in [0.29, 0.717) is 57.0 Å². The van der Waals surface area contributed by atoms with E-state index in [-0.39, 0.29) is 24.9 Å². The third-order valence-electron chi connectivity index (χ3n) is 14.3. The molecule has 0 aliphatic carbocycles. The van der Waals surface area contributed by atoms with Crippen LogP contribution < -0.4 is 9.64 Å². The van der Waals surface area contributed by atoms with Gasteiger partial charge < -0.3 is 38.4 Å². The molecule has 76 heavy (non-hydrogen) atoms. The first-order valence-electron chi connectivity index (χ1n) is 26.3. The fourth-order valence-electron chi connectivity index (χ4n) is 10.3. The summed E-state index contributed by atoms with van der Waals surface area (Å²) in [6.07, 6.45) is -2.68. The van der Waals surface area contributed by atoms with Gasteiger partial charge in [-0.05, 0) is 82.1 Å². The van der Waals surface area contributed by atoms with Crippen molar-refractivity contribution in [2.45, 2.75) is 95.0 Å². The zero-order chi connectivity index (χ0) is 51.9. The average Bonchev–Trinajstić information content (AvgIpc) is 3.57. The number of hydrogen-bond acceptors (Lipinski definition) is 8. The molecule has 9 nitrogen and oxygen atoms in total. The second kappa shape index (κ2) is 26.0. The number of para-hydroxylation sites is 1. The Balaban J connectivity index is 1.01. The number of rotatable bonds is 24. The molecule has 388 valence electrons. The highest BCUT2D eigenvalue weighted by Gasteiger charge is 2.51. The summed E-state index contributed by atoms with van der Waals surface area (Å²) < 4.78 is 55.7. The van der Waals surface area contributed by atoms with Gasteiger partial charge in [0.15, 0.2) is 0 Å². The molecular weight excluding hydrogens is 954 g/mol. The van der Waals surface area contributed by atoms with Crippen molar-refractivity contribution in [2.24, 2.45) is 5.92 Å². The molecule has 0 radical (unpaired) electrons. The summed E-state index contributed by atoms with van der Waals surface area (Å²) in [5.41, 5.74) is 8.23. The number of halogens is 1. The maximum atomic E-state index is 14.4. The zero-order valence-electron chi connectivity index (χ0n) is 42.5. The molecule has 8 aromatic carbocycles. The summed E-state index contributed by atoms with van der Waals surface area (Å²) in [5.74, 6) is -0.253. The third-order valence-corrected chi connectivity index (χ3v) is 14.3. The number of aliphatic hydroxyl groups excluding tert-OH is 1. The lowest BCUT2D eigenvalue weighted by Gasteiger charge is -2.48. The highest BCUT2D eigenvalue weighted by Crippen LogP contribution is 2.49. The van der Waals surface area contributed by atoms with E-state index in [0.717, 1.165) is 44.6 Å². The Morgan fingerprint density at radius 1 is 0.513 bits per heavy atom. The van der Waals surface area contributed by atoms with Crippen molar-refractivity contribution in [2.75, 3.05) is 11.5 Å². The van der Waals surface area contributed by atoms with Gasteiger partial charge in [0, 0.05) is 17.7 Å². The number of anilines is 1. The predicted octanol–water partition coefficient (Wildman–Crippen LogP) is 12.9. The number of amides is 1. The lowest BCUT2D eigenvalue weighted by atomic mass is 9.77. The molecular formula is C66H64FNO8. The van der Waals surface area contributed by atoms with Crippen molar-refractivity contribution in [1.82, 2.24) is 0 Å². The lowest BCUT2D eigenvalue weighted by Crippen LogP contribution is -2.61. The minimum Gasteiger partial charge on any atom is -0.489 e. The molecule has 2 heterocycles. The Labute approximate surface area is 445 Å². The largest absolute Gasteiger partial charge is 0.489 e. The van der Waals surface area contributed by atoms with Crippen LogP contribution >= 0.6 is 0 Å². The van der Waals surface area contributed by atoms with Gasteiger partial charge in [0.25, 0.3) is 0 Å². The predicted molar refractivity (Wildman–Crippen MR) is 291 cm³/mol. The first kappa shape index (κ1) is 52.2. The molecule has 2 fully saturated rings. The van der Waals surface area contributed by atoms with Gasteiger partial charge in [-0.3, -0.25) is 4.79 Å². The fourth-order valence-corrected chi connectivity index (χ4v) is 10.3. The van der Waals surface area contributed by atoms with Crippen molar-refractivity contribution in [3.8, 4) is 5.75 Å². The van der Waals surface area contributed by atoms with E-state index in [1.54, 1.807) is 12.1 Å². The van der Waals surface area contributed by atoms with Crippen LogP contribution in [0.1, 0.15) is 69.5 Å². The maximum absolute atomic E-state index is 14.4. The zero-order valence-corrected chi connectivity index (χ0v) is 42.5. The van der Waals surface area contributed by atoms with Crippen molar-refractivity contribution in [1.29, 1.82) is 0 Å². The van der Waals surface area contributed by atoms with Crippen LogP contribution in [0.3, 0.4) is 0 Å². The third kappa shape index (κ3) is 13.4. The Bertz CT molecular complexity index is 3010. The summed E-state index contributed by atoms with van der Waals surface area (Å²) in [4.78, 5) is 16.2. The number of ether oxygens (including phenoxy) is 6. The van der Waals surface area contributed by atoms with E-state index in [2.05, 4.69) is 54.6 Å². The molecule has 2 aliphatic heterocycles. The topological polar surface area (TPSA) is 95.9 Å². The summed E-state index contributed by atoms with van der Waals surface area (Å²) in [6.45, 7) is 1.86. The standard InChI is InChI=1S/C66H64FNO8/c67-54-34-32-53(33-35-54)58(69)38-37-57-62(68(66(57)70)55-29-17-6-18-30-55)56-36-31-52(39-59(56)72-42-48-21-9-2-10-22-48)40-60-63(73-43-49-23-11-3-12-24-49)65(75-45-51-27-15-5-16-28-51)64(74-44-50-25-13-4-14-26-50)61(76-60)46-71-41-47-19-7-1-8-20-47/h1-36,39,57-58,60-65,69H,37-38,40-46H2/t57-,58+,60+,61?,62-,63+,64+,65?/m1/s1. The van der Waals surface area contributed by atoms with E-state index in [4.69, 9.17) is 28.4 Å². The monoisotopic (exact) mass is 1020 g/mol. The SMILES string of the molecule is O=C1[C@H](CC[C@H](O)c2ccc(F)cc2)[C@@H](c2ccc(C[C@@H]3OC(COCc4ccccc4)[C@H](OCc4ccccc4)C(OCc4ccccc4)[C@H]3OCc3ccccc3)cc2OCc2ccccc2)N1c1ccccc1. The summed E-state index contributed by atoms with van der Waals surface area (Å²) in [5, 5.41) is 11.3. The van der Waals surface area contributed by atoms with Gasteiger partial charge >= 0.3 is 0 Å². The molecule has 2 unspecified atom stereocenters. The minimum atomic E-state index is -0.875. The van der Waals surface area contributed by atoms with Gasteiger partial charge in [0.1, 0.15) is 42.6 Å². The first-order chi connectivity index (χ1) is 37.4. The Kier molecular flexibility index (Phi) is 17.8. The van der Waals surface area contributed by atoms with Gasteiger partial charge in [-0.1, -0.05) is 194 Å². The molecule has 10 heteroatoms. The first-order valence-corrected chi connectivity index (χ1v) is 26.3. The number of aliphatic hydroxyl groups is 1. The van der Waals surface area contributed by atoms with Crippen molar-refractivity contribution in [3.63, 3.8) is 0 Å². The number of carbonyl (C=O) groups excluding carboxylic acids is 1. The number of carbonyl (C=O) groups is 1. The minimum absolute atomic E-state index is 0.0410. The normalized spacial score (nSPS) is 20.7. The molecule has 1 amide bonds. The molecule has 10 rings (SSSR count). The van der Waals surface area contributed by atoms with Crippen molar-refractivity contribution >= 4 is 11.6 Å². The van der Waals surface area contributed by atoms with E-state index in [1.165, 1.54) is 12.1 Å². The molecule has 0 aromatic heterocycles. The van der Waals surface area contributed by atoms with Crippen LogP contribution in [0.2, 0.25) is 0 Å².